The molecule has 0 amide bonds. The first-order chi connectivity index (χ1) is 7.08. The summed E-state index contributed by atoms with van der Waals surface area (Å²) in [6.45, 7) is 6.57. The van der Waals surface area contributed by atoms with Crippen molar-refractivity contribution in [1.29, 1.82) is 0 Å². The Bertz CT molecular complexity index is 207. The van der Waals surface area contributed by atoms with E-state index in [1.54, 1.807) is 0 Å². The summed E-state index contributed by atoms with van der Waals surface area (Å²) in [6, 6.07) is 0. The lowest BCUT2D eigenvalue weighted by atomic mass is 9.91. The van der Waals surface area contributed by atoms with Gasteiger partial charge in [0.25, 0.3) is 5.97 Å². The third-order valence-corrected chi connectivity index (χ3v) is 4.23. The van der Waals surface area contributed by atoms with Crippen molar-refractivity contribution in [3.8, 4) is 0 Å². The number of hydrogen-bond donors (Lipinski definition) is 0. The molecule has 3 fully saturated rings. The van der Waals surface area contributed by atoms with Gasteiger partial charge >= 0.3 is 0 Å². The van der Waals surface area contributed by atoms with Gasteiger partial charge in [0.1, 0.15) is 0 Å². The van der Waals surface area contributed by atoms with E-state index in [0.717, 1.165) is 39.1 Å². The second-order valence-electron chi connectivity index (χ2n) is 4.90. The van der Waals surface area contributed by atoms with Gasteiger partial charge in [-0.3, -0.25) is 0 Å². The van der Waals surface area contributed by atoms with Crippen LogP contribution >= 0.6 is 15.9 Å². The first-order valence-electron chi connectivity index (χ1n) is 5.63. The van der Waals surface area contributed by atoms with Crippen LogP contribution in [0.2, 0.25) is 0 Å². The van der Waals surface area contributed by atoms with Crippen LogP contribution in [0.15, 0.2) is 0 Å². The predicted molar refractivity (Wildman–Crippen MR) is 60.9 cm³/mol. The topological polar surface area (TPSA) is 27.7 Å². The Hall–Kier alpha value is 0.360. The maximum atomic E-state index is 5.70. The maximum Gasteiger partial charge on any atom is 0.282 e. The minimum Gasteiger partial charge on any atom is -0.327 e. The third-order valence-electron chi connectivity index (χ3n) is 3.13. The molecule has 0 aliphatic carbocycles. The van der Waals surface area contributed by atoms with Crippen molar-refractivity contribution in [2.45, 2.75) is 43.9 Å². The molecular weight excluding hydrogens is 260 g/mol. The van der Waals surface area contributed by atoms with Crippen molar-refractivity contribution >= 4 is 15.9 Å². The van der Waals surface area contributed by atoms with E-state index >= 15 is 0 Å². The van der Waals surface area contributed by atoms with Gasteiger partial charge in [-0.25, -0.2) is 0 Å². The molecule has 88 valence electrons. The van der Waals surface area contributed by atoms with Gasteiger partial charge in [-0.15, -0.1) is 0 Å². The maximum absolute atomic E-state index is 5.70. The molecule has 1 atom stereocenters. The number of ether oxygens (including phenoxy) is 3. The van der Waals surface area contributed by atoms with Gasteiger partial charge in [0.2, 0.25) is 0 Å². The quantitative estimate of drug-likeness (QED) is 0.740. The van der Waals surface area contributed by atoms with Crippen LogP contribution in [0.1, 0.15) is 33.1 Å². The molecule has 3 aliphatic heterocycles. The SMILES string of the molecule is CCC(Br)CCC12OCC(C)(CO1)CO2. The van der Waals surface area contributed by atoms with Gasteiger partial charge in [0.05, 0.1) is 19.8 Å². The highest BCUT2D eigenvalue weighted by Gasteiger charge is 2.49. The van der Waals surface area contributed by atoms with Gasteiger partial charge in [-0.1, -0.05) is 29.8 Å². The van der Waals surface area contributed by atoms with Crippen LogP contribution in [-0.4, -0.2) is 30.6 Å². The van der Waals surface area contributed by atoms with Crippen LogP contribution < -0.4 is 0 Å². The van der Waals surface area contributed by atoms with Crippen molar-refractivity contribution in [2.75, 3.05) is 19.8 Å². The second kappa shape index (κ2) is 4.32. The van der Waals surface area contributed by atoms with Crippen LogP contribution in [0.4, 0.5) is 0 Å². The van der Waals surface area contributed by atoms with E-state index in [1.807, 2.05) is 0 Å². The van der Waals surface area contributed by atoms with Crippen molar-refractivity contribution < 1.29 is 14.2 Å². The molecule has 4 heteroatoms. The molecule has 3 nitrogen and oxygen atoms in total. The summed E-state index contributed by atoms with van der Waals surface area (Å²) in [5.74, 6) is -0.737. The van der Waals surface area contributed by atoms with Gasteiger partial charge in [0, 0.05) is 16.7 Å². The normalized spacial score (nSPS) is 41.8. The first-order valence-corrected chi connectivity index (χ1v) is 6.55. The van der Waals surface area contributed by atoms with Crippen LogP contribution in [0.3, 0.4) is 0 Å². The molecule has 1 unspecified atom stereocenters. The number of rotatable bonds is 4. The van der Waals surface area contributed by atoms with Crippen molar-refractivity contribution in [3.63, 3.8) is 0 Å². The lowest BCUT2D eigenvalue weighted by molar-refractivity contribution is -0.467. The summed E-state index contributed by atoms with van der Waals surface area (Å²) in [7, 11) is 0. The molecule has 0 N–H and O–H groups in total. The Morgan fingerprint density at radius 3 is 2.20 bits per heavy atom. The minimum atomic E-state index is -0.737. The summed E-state index contributed by atoms with van der Waals surface area (Å²) in [6.07, 6.45) is 2.95. The van der Waals surface area contributed by atoms with Gasteiger partial charge in [-0.2, -0.15) is 0 Å². The Balaban J connectivity index is 1.87. The molecule has 0 aromatic heterocycles. The molecular formula is C11H19BrO3. The van der Waals surface area contributed by atoms with E-state index in [2.05, 4.69) is 29.8 Å². The lowest BCUT2D eigenvalue weighted by Gasteiger charge is -2.50. The van der Waals surface area contributed by atoms with Crippen LogP contribution in [-0.2, 0) is 14.2 Å². The Kier molecular flexibility index (Phi) is 3.41. The molecule has 15 heavy (non-hydrogen) atoms. The monoisotopic (exact) mass is 278 g/mol. The number of halogens is 1. The molecule has 0 aromatic rings. The van der Waals surface area contributed by atoms with E-state index in [1.165, 1.54) is 0 Å². The summed E-state index contributed by atoms with van der Waals surface area (Å²) >= 11 is 3.61. The fourth-order valence-electron chi connectivity index (χ4n) is 1.86. The molecule has 0 spiro atoms. The molecule has 3 heterocycles. The lowest BCUT2D eigenvalue weighted by Crippen LogP contribution is -2.58. The van der Waals surface area contributed by atoms with Gasteiger partial charge < -0.3 is 14.2 Å². The van der Waals surface area contributed by atoms with Crippen molar-refractivity contribution in [1.82, 2.24) is 0 Å². The number of alkyl halides is 1. The highest BCUT2D eigenvalue weighted by Crippen LogP contribution is 2.40. The van der Waals surface area contributed by atoms with Crippen LogP contribution in [0.5, 0.6) is 0 Å². The summed E-state index contributed by atoms with van der Waals surface area (Å²) < 4.78 is 17.1. The zero-order valence-electron chi connectivity index (χ0n) is 9.42. The van der Waals surface area contributed by atoms with E-state index in [0.29, 0.717) is 4.83 Å². The predicted octanol–water partition coefficient (Wildman–Crippen LogP) is 2.68. The van der Waals surface area contributed by atoms with Crippen LogP contribution in [0, 0.1) is 5.41 Å². The van der Waals surface area contributed by atoms with E-state index in [-0.39, 0.29) is 5.41 Å². The van der Waals surface area contributed by atoms with Crippen molar-refractivity contribution in [2.24, 2.45) is 5.41 Å². The fourth-order valence-corrected chi connectivity index (χ4v) is 2.09. The van der Waals surface area contributed by atoms with E-state index in [9.17, 15) is 0 Å². The number of hydrogen-bond acceptors (Lipinski definition) is 3. The molecule has 0 aromatic carbocycles. The average Bonchev–Trinajstić information content (AvgIpc) is 2.28. The number of fused-ring (bicyclic) bond motifs is 3. The van der Waals surface area contributed by atoms with Gasteiger partial charge in [0.15, 0.2) is 0 Å². The summed E-state index contributed by atoms with van der Waals surface area (Å²) in [5.41, 5.74) is 0.0698. The molecule has 3 aliphatic rings. The summed E-state index contributed by atoms with van der Waals surface area (Å²) in [4.78, 5) is 0.526. The highest BCUT2D eigenvalue weighted by atomic mass is 79.9. The zero-order valence-corrected chi connectivity index (χ0v) is 11.0. The summed E-state index contributed by atoms with van der Waals surface area (Å²) in [5, 5.41) is 0. The van der Waals surface area contributed by atoms with Gasteiger partial charge in [-0.05, 0) is 12.8 Å². The minimum absolute atomic E-state index is 0.0698. The molecule has 2 bridgehead atoms. The second-order valence-corrected chi connectivity index (χ2v) is 6.20. The Morgan fingerprint density at radius 1 is 1.20 bits per heavy atom. The first kappa shape index (κ1) is 11.8. The third kappa shape index (κ3) is 2.54. The Morgan fingerprint density at radius 2 is 1.73 bits per heavy atom. The average molecular weight is 279 g/mol. The molecule has 3 saturated heterocycles. The largest absolute Gasteiger partial charge is 0.327 e. The van der Waals surface area contributed by atoms with Crippen LogP contribution in [0.25, 0.3) is 0 Å². The van der Waals surface area contributed by atoms with E-state index < -0.39 is 5.97 Å². The molecule has 0 saturated carbocycles. The molecule has 3 rings (SSSR count). The Labute approximate surface area is 99.6 Å². The van der Waals surface area contributed by atoms with Crippen molar-refractivity contribution in [3.05, 3.63) is 0 Å². The van der Waals surface area contributed by atoms with E-state index in [4.69, 9.17) is 14.2 Å². The zero-order chi connectivity index (χ0) is 10.9. The fraction of sp³-hybridized carbons (Fsp3) is 1.00. The smallest absolute Gasteiger partial charge is 0.282 e. The standard InChI is InChI=1S/C11H19BrO3/c1-3-9(12)4-5-11-13-6-10(2,7-14-11)8-15-11/h9H,3-8H2,1-2H3. The highest BCUT2D eigenvalue weighted by molar-refractivity contribution is 9.09. The molecule has 0 radical (unpaired) electrons.